The van der Waals surface area contributed by atoms with E-state index in [4.69, 9.17) is 0 Å². The summed E-state index contributed by atoms with van der Waals surface area (Å²) in [5.41, 5.74) is 5.00. The van der Waals surface area contributed by atoms with Gasteiger partial charge in [0.25, 0.3) is 0 Å². The van der Waals surface area contributed by atoms with Crippen LogP contribution in [0.5, 0.6) is 0 Å². The van der Waals surface area contributed by atoms with Crippen molar-refractivity contribution in [2.75, 3.05) is 11.4 Å². The van der Waals surface area contributed by atoms with E-state index in [0.29, 0.717) is 19.4 Å². The monoisotopic (exact) mass is 315 g/mol. The predicted molar refractivity (Wildman–Crippen MR) is 88.1 cm³/mol. The van der Waals surface area contributed by atoms with Crippen molar-refractivity contribution < 1.29 is 9.18 Å². The molecule has 0 unspecified atom stereocenters. The lowest BCUT2D eigenvalue weighted by molar-refractivity contribution is -0.118. The molecule has 1 amide bonds. The Hall–Kier alpha value is -2.17. The molecular formula is C18H22FN3O. The average molecular weight is 315 g/mol. The van der Waals surface area contributed by atoms with Gasteiger partial charge in [-0.15, -0.1) is 0 Å². The molecule has 23 heavy (non-hydrogen) atoms. The third-order valence-electron chi connectivity index (χ3n) is 4.71. The highest BCUT2D eigenvalue weighted by atomic mass is 19.1. The van der Waals surface area contributed by atoms with Crippen LogP contribution in [0.25, 0.3) is 0 Å². The number of fused-ring (bicyclic) bond motifs is 1. The highest BCUT2D eigenvalue weighted by molar-refractivity contribution is 5.94. The molecule has 5 heteroatoms. The zero-order valence-electron chi connectivity index (χ0n) is 13.9. The molecule has 0 fully saturated rings. The summed E-state index contributed by atoms with van der Waals surface area (Å²) in [6.45, 7) is 4.66. The van der Waals surface area contributed by atoms with Gasteiger partial charge < -0.3 is 4.90 Å². The van der Waals surface area contributed by atoms with Crippen LogP contribution in [-0.4, -0.2) is 22.2 Å². The second kappa shape index (κ2) is 6.14. The molecule has 0 radical (unpaired) electrons. The molecule has 0 atom stereocenters. The second-order valence-corrected chi connectivity index (χ2v) is 6.19. The fraction of sp³-hybridized carbons (Fsp3) is 0.444. The number of halogens is 1. The van der Waals surface area contributed by atoms with E-state index in [1.807, 2.05) is 25.6 Å². The van der Waals surface area contributed by atoms with Gasteiger partial charge in [-0.3, -0.25) is 9.48 Å². The Morgan fingerprint density at radius 1 is 1.35 bits per heavy atom. The molecule has 1 aromatic heterocycles. The van der Waals surface area contributed by atoms with Gasteiger partial charge in [0.05, 0.1) is 5.69 Å². The number of hydrogen-bond acceptors (Lipinski definition) is 2. The van der Waals surface area contributed by atoms with Gasteiger partial charge in [-0.1, -0.05) is 6.07 Å². The Morgan fingerprint density at radius 2 is 2.13 bits per heavy atom. The van der Waals surface area contributed by atoms with Crippen LogP contribution in [0.3, 0.4) is 0 Å². The molecule has 3 rings (SSSR count). The number of carbonyl (C=O) groups excluding carboxylic acids is 1. The standard InChI is InChI=1S/C18H22FN3O/c1-12-16(13(2)21(3)20-12)8-9-18(23)22-10-4-5-14-6-7-15(19)11-17(14)22/h6-7,11H,4-5,8-10H2,1-3H3. The van der Waals surface area contributed by atoms with Crippen molar-refractivity contribution in [3.63, 3.8) is 0 Å². The summed E-state index contributed by atoms with van der Waals surface area (Å²) in [4.78, 5) is 14.4. The largest absolute Gasteiger partial charge is 0.312 e. The van der Waals surface area contributed by atoms with Crippen LogP contribution in [-0.2, 0) is 24.7 Å². The third-order valence-corrected chi connectivity index (χ3v) is 4.71. The summed E-state index contributed by atoms with van der Waals surface area (Å²) >= 11 is 0. The van der Waals surface area contributed by atoms with Crippen molar-refractivity contribution in [1.29, 1.82) is 0 Å². The SMILES string of the molecule is Cc1nn(C)c(C)c1CCC(=O)N1CCCc2ccc(F)cc21. The molecule has 2 heterocycles. The van der Waals surface area contributed by atoms with Crippen LogP contribution in [0.15, 0.2) is 18.2 Å². The number of aryl methyl sites for hydroxylation is 3. The van der Waals surface area contributed by atoms with E-state index >= 15 is 0 Å². The van der Waals surface area contributed by atoms with Crippen molar-refractivity contribution in [1.82, 2.24) is 9.78 Å². The normalized spacial score (nSPS) is 14.0. The molecule has 0 spiro atoms. The highest BCUT2D eigenvalue weighted by Gasteiger charge is 2.23. The number of hydrogen-bond donors (Lipinski definition) is 0. The molecule has 0 N–H and O–H groups in total. The summed E-state index contributed by atoms with van der Waals surface area (Å²) in [5, 5.41) is 4.39. The van der Waals surface area contributed by atoms with E-state index in [2.05, 4.69) is 5.10 Å². The first-order valence-corrected chi connectivity index (χ1v) is 8.05. The van der Waals surface area contributed by atoms with Gasteiger partial charge in [-0.2, -0.15) is 5.10 Å². The molecule has 0 bridgehead atoms. The Bertz CT molecular complexity index is 751. The number of anilines is 1. The Labute approximate surface area is 135 Å². The summed E-state index contributed by atoms with van der Waals surface area (Å²) in [7, 11) is 1.91. The lowest BCUT2D eigenvalue weighted by Gasteiger charge is -2.29. The minimum atomic E-state index is -0.289. The van der Waals surface area contributed by atoms with E-state index in [9.17, 15) is 9.18 Å². The molecule has 0 saturated carbocycles. The average Bonchev–Trinajstić information content (AvgIpc) is 2.77. The van der Waals surface area contributed by atoms with Crippen LogP contribution in [0.1, 0.15) is 35.4 Å². The maximum Gasteiger partial charge on any atom is 0.227 e. The van der Waals surface area contributed by atoms with Gasteiger partial charge in [0.1, 0.15) is 5.82 Å². The summed E-state index contributed by atoms with van der Waals surface area (Å²) in [6, 6.07) is 4.74. The minimum absolute atomic E-state index is 0.0548. The first kappa shape index (κ1) is 15.7. The van der Waals surface area contributed by atoms with Crippen LogP contribution < -0.4 is 4.90 Å². The van der Waals surface area contributed by atoms with Gasteiger partial charge in [0.2, 0.25) is 5.91 Å². The zero-order chi connectivity index (χ0) is 16.6. The quantitative estimate of drug-likeness (QED) is 0.873. The van der Waals surface area contributed by atoms with E-state index in [1.54, 1.807) is 11.0 Å². The zero-order valence-corrected chi connectivity index (χ0v) is 13.9. The lowest BCUT2D eigenvalue weighted by Crippen LogP contribution is -2.35. The van der Waals surface area contributed by atoms with Crippen LogP contribution >= 0.6 is 0 Å². The molecule has 1 aliphatic rings. The van der Waals surface area contributed by atoms with Gasteiger partial charge in [0.15, 0.2) is 0 Å². The topological polar surface area (TPSA) is 38.1 Å². The van der Waals surface area contributed by atoms with E-state index in [1.165, 1.54) is 12.1 Å². The Balaban J connectivity index is 1.76. The minimum Gasteiger partial charge on any atom is -0.312 e. The molecule has 0 saturated heterocycles. The smallest absolute Gasteiger partial charge is 0.227 e. The van der Waals surface area contributed by atoms with Crippen molar-refractivity contribution in [2.24, 2.45) is 7.05 Å². The molecule has 122 valence electrons. The van der Waals surface area contributed by atoms with Crippen LogP contribution in [0, 0.1) is 19.7 Å². The summed E-state index contributed by atoms with van der Waals surface area (Å²) in [6.07, 6.45) is 2.92. The third kappa shape index (κ3) is 3.00. The molecule has 0 aliphatic carbocycles. The van der Waals surface area contributed by atoms with Crippen molar-refractivity contribution in [2.45, 2.75) is 39.5 Å². The maximum absolute atomic E-state index is 13.5. The molecule has 2 aromatic rings. The fourth-order valence-corrected chi connectivity index (χ4v) is 3.35. The summed E-state index contributed by atoms with van der Waals surface area (Å²) < 4.78 is 15.4. The van der Waals surface area contributed by atoms with Crippen molar-refractivity contribution in [3.8, 4) is 0 Å². The van der Waals surface area contributed by atoms with Gasteiger partial charge in [0, 0.05) is 31.4 Å². The number of aromatic nitrogens is 2. The predicted octanol–water partition coefficient (Wildman–Crippen LogP) is 3.09. The molecular weight excluding hydrogens is 293 g/mol. The number of rotatable bonds is 3. The van der Waals surface area contributed by atoms with E-state index < -0.39 is 0 Å². The Kier molecular flexibility index (Phi) is 4.20. The number of carbonyl (C=O) groups is 1. The highest BCUT2D eigenvalue weighted by Crippen LogP contribution is 2.28. The van der Waals surface area contributed by atoms with Crippen molar-refractivity contribution >= 4 is 11.6 Å². The molecule has 4 nitrogen and oxygen atoms in total. The van der Waals surface area contributed by atoms with Gasteiger partial charge in [-0.05, 0) is 56.4 Å². The first-order valence-electron chi connectivity index (χ1n) is 8.05. The number of nitrogens with zero attached hydrogens (tertiary/aromatic N) is 3. The van der Waals surface area contributed by atoms with Crippen LogP contribution in [0.2, 0.25) is 0 Å². The first-order chi connectivity index (χ1) is 11.0. The van der Waals surface area contributed by atoms with Gasteiger partial charge >= 0.3 is 0 Å². The van der Waals surface area contributed by atoms with E-state index in [-0.39, 0.29) is 11.7 Å². The lowest BCUT2D eigenvalue weighted by atomic mass is 10.0. The molecule has 1 aromatic carbocycles. The van der Waals surface area contributed by atoms with Gasteiger partial charge in [-0.25, -0.2) is 4.39 Å². The van der Waals surface area contributed by atoms with Crippen molar-refractivity contribution in [3.05, 3.63) is 46.5 Å². The number of benzene rings is 1. The second-order valence-electron chi connectivity index (χ2n) is 6.19. The fourth-order valence-electron chi connectivity index (χ4n) is 3.35. The van der Waals surface area contributed by atoms with Crippen LogP contribution in [0.4, 0.5) is 10.1 Å². The summed E-state index contributed by atoms with van der Waals surface area (Å²) in [5.74, 6) is -0.235. The molecule has 1 aliphatic heterocycles. The number of amides is 1. The maximum atomic E-state index is 13.5. The Morgan fingerprint density at radius 3 is 2.83 bits per heavy atom. The van der Waals surface area contributed by atoms with E-state index in [0.717, 1.165) is 41.0 Å².